The zero-order valence-electron chi connectivity index (χ0n) is 11.2. The molecule has 0 amide bonds. The van der Waals surface area contributed by atoms with E-state index in [0.717, 1.165) is 11.4 Å². The van der Waals surface area contributed by atoms with E-state index in [4.69, 9.17) is 11.6 Å². The van der Waals surface area contributed by atoms with Crippen LogP contribution in [-0.2, 0) is 6.42 Å². The van der Waals surface area contributed by atoms with E-state index in [1.807, 2.05) is 6.07 Å². The van der Waals surface area contributed by atoms with Crippen LogP contribution in [0.25, 0.3) is 11.1 Å². The predicted molar refractivity (Wildman–Crippen MR) is 80.2 cm³/mol. The van der Waals surface area contributed by atoms with Gasteiger partial charge >= 0.3 is 0 Å². The Morgan fingerprint density at radius 3 is 2.44 bits per heavy atom. The monoisotopic (exact) mass is 258 g/mol. The van der Waals surface area contributed by atoms with Crippen LogP contribution in [0.3, 0.4) is 0 Å². The summed E-state index contributed by atoms with van der Waals surface area (Å²) in [5, 5.41) is 0.824. The van der Waals surface area contributed by atoms with Crippen molar-refractivity contribution in [2.24, 2.45) is 5.92 Å². The molecule has 0 nitrogen and oxygen atoms in total. The molecule has 2 rings (SSSR count). The first kappa shape index (κ1) is 13.2. The van der Waals surface area contributed by atoms with E-state index in [0.29, 0.717) is 5.92 Å². The molecule has 0 atom stereocenters. The molecule has 2 aromatic rings. The van der Waals surface area contributed by atoms with Gasteiger partial charge in [-0.15, -0.1) is 0 Å². The van der Waals surface area contributed by atoms with E-state index in [1.54, 1.807) is 0 Å². The number of rotatable bonds is 3. The Kier molecular flexibility index (Phi) is 4.08. The molecule has 0 bridgehead atoms. The Labute approximate surface area is 115 Å². The van der Waals surface area contributed by atoms with Crippen LogP contribution in [0.5, 0.6) is 0 Å². The molecule has 0 fully saturated rings. The van der Waals surface area contributed by atoms with Crippen molar-refractivity contribution in [2.75, 3.05) is 0 Å². The van der Waals surface area contributed by atoms with Crippen molar-refractivity contribution >= 4 is 11.6 Å². The average Bonchev–Trinajstić information content (AvgIpc) is 2.27. The summed E-state index contributed by atoms with van der Waals surface area (Å²) in [6.45, 7) is 6.57. The number of aryl methyl sites for hydroxylation is 1. The molecule has 2 aromatic carbocycles. The molecule has 0 heterocycles. The quantitative estimate of drug-likeness (QED) is 0.681. The summed E-state index contributed by atoms with van der Waals surface area (Å²) in [5.41, 5.74) is 5.04. The summed E-state index contributed by atoms with van der Waals surface area (Å²) in [6.07, 6.45) is 1.07. The third kappa shape index (κ3) is 3.36. The molecule has 0 unspecified atom stereocenters. The first-order valence-electron chi connectivity index (χ1n) is 6.41. The summed E-state index contributed by atoms with van der Waals surface area (Å²) in [5.74, 6) is 0.647. The standard InChI is InChI=1S/C17H19Cl/c1-12(2)7-14-9-16(11-17(18)10-14)15-6-4-5-13(3)8-15/h4-6,8-12H,7H2,1-3H3. The maximum Gasteiger partial charge on any atom is 0.0414 e. The zero-order chi connectivity index (χ0) is 13.1. The van der Waals surface area contributed by atoms with Gasteiger partial charge in [-0.25, -0.2) is 0 Å². The van der Waals surface area contributed by atoms with Crippen LogP contribution in [-0.4, -0.2) is 0 Å². The third-order valence-corrected chi connectivity index (χ3v) is 3.17. The van der Waals surface area contributed by atoms with E-state index in [2.05, 4.69) is 57.2 Å². The van der Waals surface area contributed by atoms with E-state index in [1.165, 1.54) is 22.3 Å². The molecule has 0 radical (unpaired) electrons. The molecular weight excluding hydrogens is 240 g/mol. The van der Waals surface area contributed by atoms with Crippen molar-refractivity contribution in [3.05, 3.63) is 58.6 Å². The molecule has 94 valence electrons. The molecule has 0 spiro atoms. The van der Waals surface area contributed by atoms with Crippen molar-refractivity contribution in [3.63, 3.8) is 0 Å². The second kappa shape index (κ2) is 5.58. The first-order valence-corrected chi connectivity index (χ1v) is 6.79. The first-order chi connectivity index (χ1) is 8.54. The summed E-state index contributed by atoms with van der Waals surface area (Å²) in [4.78, 5) is 0. The smallest absolute Gasteiger partial charge is 0.0414 e. The molecule has 0 saturated carbocycles. The minimum Gasteiger partial charge on any atom is -0.0843 e. The number of hydrogen-bond donors (Lipinski definition) is 0. The Morgan fingerprint density at radius 2 is 1.78 bits per heavy atom. The topological polar surface area (TPSA) is 0 Å². The number of hydrogen-bond acceptors (Lipinski definition) is 0. The minimum atomic E-state index is 0.647. The minimum absolute atomic E-state index is 0.647. The van der Waals surface area contributed by atoms with Gasteiger partial charge in [-0.2, -0.15) is 0 Å². The molecule has 18 heavy (non-hydrogen) atoms. The van der Waals surface area contributed by atoms with Crippen LogP contribution < -0.4 is 0 Å². The summed E-state index contributed by atoms with van der Waals surface area (Å²) < 4.78 is 0. The van der Waals surface area contributed by atoms with Crippen molar-refractivity contribution in [2.45, 2.75) is 27.2 Å². The molecule has 0 N–H and O–H groups in total. The Bertz CT molecular complexity index is 541. The lowest BCUT2D eigenvalue weighted by Gasteiger charge is -2.09. The van der Waals surface area contributed by atoms with Crippen molar-refractivity contribution in [1.82, 2.24) is 0 Å². The van der Waals surface area contributed by atoms with Crippen LogP contribution in [0.1, 0.15) is 25.0 Å². The van der Waals surface area contributed by atoms with Crippen molar-refractivity contribution < 1.29 is 0 Å². The lowest BCUT2D eigenvalue weighted by Crippen LogP contribution is -1.94. The Morgan fingerprint density at radius 1 is 1.00 bits per heavy atom. The summed E-state index contributed by atoms with van der Waals surface area (Å²) in [6, 6.07) is 14.9. The molecule has 0 aromatic heterocycles. The lowest BCUT2D eigenvalue weighted by atomic mass is 9.97. The van der Waals surface area contributed by atoms with Gasteiger partial charge in [0.2, 0.25) is 0 Å². The zero-order valence-corrected chi connectivity index (χ0v) is 12.0. The molecule has 0 aliphatic heterocycles. The van der Waals surface area contributed by atoms with Crippen LogP contribution in [0.4, 0.5) is 0 Å². The van der Waals surface area contributed by atoms with E-state index >= 15 is 0 Å². The number of halogens is 1. The van der Waals surface area contributed by atoms with Crippen molar-refractivity contribution in [1.29, 1.82) is 0 Å². The highest BCUT2D eigenvalue weighted by Gasteiger charge is 2.04. The van der Waals surface area contributed by atoms with Gasteiger partial charge in [0.05, 0.1) is 0 Å². The van der Waals surface area contributed by atoms with Crippen LogP contribution in [0.2, 0.25) is 5.02 Å². The normalized spacial score (nSPS) is 10.9. The van der Waals surface area contributed by atoms with Gasteiger partial charge in [0.1, 0.15) is 0 Å². The lowest BCUT2D eigenvalue weighted by molar-refractivity contribution is 0.647. The highest BCUT2D eigenvalue weighted by Crippen LogP contribution is 2.26. The van der Waals surface area contributed by atoms with E-state index < -0.39 is 0 Å². The summed E-state index contributed by atoms with van der Waals surface area (Å²) in [7, 11) is 0. The second-order valence-corrected chi connectivity index (χ2v) is 5.75. The van der Waals surface area contributed by atoms with Crippen LogP contribution in [0.15, 0.2) is 42.5 Å². The van der Waals surface area contributed by atoms with Gasteiger partial charge in [0.25, 0.3) is 0 Å². The predicted octanol–water partition coefficient (Wildman–Crippen LogP) is 5.51. The molecule has 0 aliphatic rings. The van der Waals surface area contributed by atoms with Crippen LogP contribution in [0, 0.1) is 12.8 Å². The SMILES string of the molecule is Cc1cccc(-c2cc(Cl)cc(CC(C)C)c2)c1. The fraction of sp³-hybridized carbons (Fsp3) is 0.294. The fourth-order valence-electron chi connectivity index (χ4n) is 2.23. The largest absolute Gasteiger partial charge is 0.0843 e. The molecule has 0 aliphatic carbocycles. The van der Waals surface area contributed by atoms with E-state index in [9.17, 15) is 0 Å². The highest BCUT2D eigenvalue weighted by atomic mass is 35.5. The van der Waals surface area contributed by atoms with Gasteiger partial charge in [-0.05, 0) is 48.1 Å². The van der Waals surface area contributed by atoms with Gasteiger partial charge < -0.3 is 0 Å². The summed E-state index contributed by atoms with van der Waals surface area (Å²) >= 11 is 6.22. The third-order valence-electron chi connectivity index (χ3n) is 2.95. The number of benzene rings is 2. The fourth-order valence-corrected chi connectivity index (χ4v) is 2.49. The molecule has 0 saturated heterocycles. The van der Waals surface area contributed by atoms with Gasteiger partial charge in [-0.1, -0.05) is 61.3 Å². The van der Waals surface area contributed by atoms with Gasteiger partial charge in [-0.3, -0.25) is 0 Å². The van der Waals surface area contributed by atoms with E-state index in [-0.39, 0.29) is 0 Å². The highest BCUT2D eigenvalue weighted by molar-refractivity contribution is 6.31. The van der Waals surface area contributed by atoms with Crippen molar-refractivity contribution in [3.8, 4) is 11.1 Å². The van der Waals surface area contributed by atoms with Gasteiger partial charge in [0.15, 0.2) is 0 Å². The molecule has 1 heteroatoms. The average molecular weight is 259 g/mol. The Hall–Kier alpha value is -1.27. The Balaban J connectivity index is 2.41. The maximum atomic E-state index is 6.22. The maximum absolute atomic E-state index is 6.22. The second-order valence-electron chi connectivity index (χ2n) is 5.32. The molecular formula is C17H19Cl. The van der Waals surface area contributed by atoms with Crippen LogP contribution >= 0.6 is 11.6 Å². The van der Waals surface area contributed by atoms with Gasteiger partial charge in [0, 0.05) is 5.02 Å².